The van der Waals surface area contributed by atoms with E-state index >= 15 is 0 Å². The second-order valence-electron chi connectivity index (χ2n) is 6.41. The van der Waals surface area contributed by atoms with Crippen LogP contribution in [0.2, 0.25) is 5.02 Å². The largest absolute Gasteiger partial charge is 0.493 e. The van der Waals surface area contributed by atoms with Gasteiger partial charge >= 0.3 is 0 Å². The van der Waals surface area contributed by atoms with Crippen molar-refractivity contribution in [1.29, 1.82) is 0 Å². The van der Waals surface area contributed by atoms with Crippen LogP contribution in [-0.2, 0) is 17.8 Å². The van der Waals surface area contributed by atoms with Crippen LogP contribution >= 0.6 is 22.9 Å². The topological polar surface area (TPSA) is 38.8 Å². The number of rotatable bonds is 5. The van der Waals surface area contributed by atoms with E-state index in [9.17, 15) is 4.79 Å². The third-order valence-electron chi connectivity index (χ3n) is 4.14. The average Bonchev–Trinajstić information content (AvgIpc) is 3.08. The minimum atomic E-state index is -0.00883. The van der Waals surface area contributed by atoms with Crippen LogP contribution < -0.4 is 9.47 Å². The zero-order chi connectivity index (χ0) is 18.7. The lowest BCUT2D eigenvalue weighted by molar-refractivity contribution is -0.126. The highest BCUT2D eigenvalue weighted by molar-refractivity contribution is 7.10. The first-order valence-corrected chi connectivity index (χ1v) is 9.80. The van der Waals surface area contributed by atoms with Gasteiger partial charge in [-0.05, 0) is 61.1 Å². The predicted molar refractivity (Wildman–Crippen MR) is 106 cm³/mol. The van der Waals surface area contributed by atoms with Crippen LogP contribution in [0.1, 0.15) is 29.9 Å². The van der Waals surface area contributed by atoms with Crippen molar-refractivity contribution >= 4 is 34.9 Å². The molecule has 138 valence electrons. The maximum absolute atomic E-state index is 12.5. The molecule has 6 heteroatoms. The SMILES string of the molecule is COc1cc(C=CC(=O)N2CCc3sccc3C2)cc(Cl)c1OC(C)C. The zero-order valence-electron chi connectivity index (χ0n) is 15.1. The molecule has 0 bridgehead atoms. The van der Waals surface area contributed by atoms with Gasteiger partial charge in [-0.3, -0.25) is 4.79 Å². The third kappa shape index (κ3) is 4.22. The lowest BCUT2D eigenvalue weighted by Gasteiger charge is -2.25. The van der Waals surface area contributed by atoms with Crippen molar-refractivity contribution in [3.8, 4) is 11.5 Å². The normalized spacial score (nSPS) is 14.0. The summed E-state index contributed by atoms with van der Waals surface area (Å²) < 4.78 is 11.1. The Bertz CT molecular complexity index is 828. The Kier molecular flexibility index (Phi) is 5.89. The smallest absolute Gasteiger partial charge is 0.246 e. The lowest BCUT2D eigenvalue weighted by atomic mass is 10.1. The van der Waals surface area contributed by atoms with Crippen LogP contribution in [0, 0.1) is 0 Å². The van der Waals surface area contributed by atoms with E-state index in [-0.39, 0.29) is 12.0 Å². The van der Waals surface area contributed by atoms with Crippen molar-refractivity contribution in [2.45, 2.75) is 32.9 Å². The molecule has 26 heavy (non-hydrogen) atoms. The summed E-state index contributed by atoms with van der Waals surface area (Å²) in [5.41, 5.74) is 2.05. The van der Waals surface area contributed by atoms with Crippen LogP contribution in [0.4, 0.5) is 0 Å². The number of methoxy groups -OCH3 is 1. The first-order valence-electron chi connectivity index (χ1n) is 8.54. The van der Waals surface area contributed by atoms with Gasteiger partial charge in [0, 0.05) is 24.0 Å². The maximum Gasteiger partial charge on any atom is 0.246 e. The first-order chi connectivity index (χ1) is 12.5. The number of carbonyl (C=O) groups excluding carboxylic acids is 1. The summed E-state index contributed by atoms with van der Waals surface area (Å²) in [5.74, 6) is 1.08. The molecule has 1 aromatic carbocycles. The molecule has 1 aromatic heterocycles. The number of thiophene rings is 1. The summed E-state index contributed by atoms with van der Waals surface area (Å²) in [5, 5.41) is 2.55. The summed E-state index contributed by atoms with van der Waals surface area (Å²) in [6.07, 6.45) is 4.27. The Labute approximate surface area is 163 Å². The van der Waals surface area contributed by atoms with E-state index in [1.165, 1.54) is 10.4 Å². The van der Waals surface area contributed by atoms with E-state index in [2.05, 4.69) is 11.4 Å². The molecule has 0 saturated carbocycles. The molecule has 0 unspecified atom stereocenters. The van der Waals surface area contributed by atoms with Gasteiger partial charge in [0.05, 0.1) is 18.2 Å². The zero-order valence-corrected chi connectivity index (χ0v) is 16.7. The highest BCUT2D eigenvalue weighted by Gasteiger charge is 2.20. The molecule has 2 aromatic rings. The van der Waals surface area contributed by atoms with Crippen LogP contribution in [0.3, 0.4) is 0 Å². The Morgan fingerprint density at radius 1 is 1.38 bits per heavy atom. The molecule has 0 aliphatic carbocycles. The van der Waals surface area contributed by atoms with Crippen molar-refractivity contribution in [2.24, 2.45) is 0 Å². The fourth-order valence-electron chi connectivity index (χ4n) is 2.90. The highest BCUT2D eigenvalue weighted by Crippen LogP contribution is 2.37. The molecule has 0 atom stereocenters. The van der Waals surface area contributed by atoms with Gasteiger partial charge in [-0.1, -0.05) is 11.6 Å². The average molecular weight is 392 g/mol. The number of nitrogens with zero attached hydrogens (tertiary/aromatic N) is 1. The number of hydrogen-bond acceptors (Lipinski definition) is 4. The molecule has 1 aliphatic heterocycles. The molecule has 0 spiro atoms. The number of hydrogen-bond donors (Lipinski definition) is 0. The summed E-state index contributed by atoms with van der Waals surface area (Å²) in [4.78, 5) is 15.8. The Hall–Kier alpha value is -1.98. The molecule has 2 heterocycles. The van der Waals surface area contributed by atoms with Crippen molar-refractivity contribution < 1.29 is 14.3 Å². The van der Waals surface area contributed by atoms with E-state index < -0.39 is 0 Å². The van der Waals surface area contributed by atoms with Crippen molar-refractivity contribution in [2.75, 3.05) is 13.7 Å². The number of amides is 1. The Balaban J connectivity index is 1.74. The van der Waals surface area contributed by atoms with Gasteiger partial charge in [0.25, 0.3) is 0 Å². The maximum atomic E-state index is 12.5. The molecule has 3 rings (SSSR count). The van der Waals surface area contributed by atoms with Gasteiger partial charge in [-0.25, -0.2) is 0 Å². The fraction of sp³-hybridized carbons (Fsp3) is 0.350. The van der Waals surface area contributed by atoms with E-state index in [4.69, 9.17) is 21.1 Å². The second-order valence-corrected chi connectivity index (χ2v) is 7.82. The van der Waals surface area contributed by atoms with Crippen molar-refractivity contribution in [1.82, 2.24) is 4.90 Å². The lowest BCUT2D eigenvalue weighted by Crippen LogP contribution is -2.34. The van der Waals surface area contributed by atoms with Crippen LogP contribution in [0.25, 0.3) is 6.08 Å². The minimum absolute atomic E-state index is 0.000513. The number of fused-ring (bicyclic) bond motifs is 1. The molecule has 0 radical (unpaired) electrons. The molecule has 0 fully saturated rings. The monoisotopic (exact) mass is 391 g/mol. The van der Waals surface area contributed by atoms with Gasteiger partial charge < -0.3 is 14.4 Å². The molecule has 1 amide bonds. The van der Waals surface area contributed by atoms with E-state index in [0.29, 0.717) is 23.1 Å². The van der Waals surface area contributed by atoms with Gasteiger partial charge in [-0.2, -0.15) is 0 Å². The van der Waals surface area contributed by atoms with Gasteiger partial charge in [0.2, 0.25) is 5.91 Å². The summed E-state index contributed by atoms with van der Waals surface area (Å²) in [6, 6.07) is 5.69. The van der Waals surface area contributed by atoms with Crippen LogP contribution in [-0.4, -0.2) is 30.6 Å². The summed E-state index contributed by atoms with van der Waals surface area (Å²) in [6.45, 7) is 5.29. The molecule has 0 saturated heterocycles. The van der Waals surface area contributed by atoms with E-state index in [1.54, 1.807) is 36.7 Å². The molecule has 4 nitrogen and oxygen atoms in total. The van der Waals surface area contributed by atoms with Crippen LogP contribution in [0.15, 0.2) is 29.7 Å². The summed E-state index contributed by atoms with van der Waals surface area (Å²) in [7, 11) is 1.57. The third-order valence-corrected chi connectivity index (χ3v) is 5.45. The van der Waals surface area contributed by atoms with Crippen molar-refractivity contribution in [3.05, 3.63) is 50.7 Å². The highest BCUT2D eigenvalue weighted by atomic mass is 35.5. The number of carbonyl (C=O) groups is 1. The molecule has 1 aliphatic rings. The second kappa shape index (κ2) is 8.14. The predicted octanol–water partition coefficient (Wildman–Crippen LogP) is 4.80. The van der Waals surface area contributed by atoms with Crippen molar-refractivity contribution in [3.63, 3.8) is 0 Å². The van der Waals surface area contributed by atoms with Gasteiger partial charge in [0.15, 0.2) is 11.5 Å². The van der Waals surface area contributed by atoms with Gasteiger partial charge in [0.1, 0.15) is 0 Å². The van der Waals surface area contributed by atoms with Gasteiger partial charge in [-0.15, -0.1) is 11.3 Å². The minimum Gasteiger partial charge on any atom is -0.493 e. The molecule has 0 N–H and O–H groups in total. The van der Waals surface area contributed by atoms with Crippen LogP contribution in [0.5, 0.6) is 11.5 Å². The fourth-order valence-corrected chi connectivity index (χ4v) is 4.05. The molecular weight excluding hydrogens is 370 g/mol. The number of halogens is 1. The first kappa shape index (κ1) is 18.8. The van der Waals surface area contributed by atoms with E-state index in [1.807, 2.05) is 24.8 Å². The summed E-state index contributed by atoms with van der Waals surface area (Å²) >= 11 is 8.10. The molecular formula is C20H22ClNO3S. The Morgan fingerprint density at radius 2 is 2.19 bits per heavy atom. The standard InChI is InChI=1S/C20H22ClNO3S/c1-13(2)25-20-16(21)10-14(11-17(20)24-3)4-5-19(23)22-8-6-18-15(12-22)7-9-26-18/h4-5,7,9-11,13H,6,8,12H2,1-3H3. The Morgan fingerprint density at radius 3 is 2.92 bits per heavy atom. The number of ether oxygens (including phenoxy) is 2. The number of benzene rings is 1. The van der Waals surface area contributed by atoms with E-state index in [0.717, 1.165) is 18.5 Å². The quantitative estimate of drug-likeness (QED) is 0.687.